The topological polar surface area (TPSA) is 68.5 Å². The Hall–Kier alpha value is -3.36. The molecule has 42 heavy (non-hydrogen) atoms. The maximum atomic E-state index is 14.0. The first-order chi connectivity index (χ1) is 19.9. The van der Waals surface area contributed by atoms with Crippen LogP contribution in [0.5, 0.6) is 0 Å². The van der Waals surface area contributed by atoms with Gasteiger partial charge in [0, 0.05) is 18.0 Å². The minimum absolute atomic E-state index is 0.0140. The summed E-state index contributed by atoms with van der Waals surface area (Å²) in [6, 6.07) is 13.1. The van der Waals surface area contributed by atoms with Gasteiger partial charge in [0.05, 0.1) is 11.1 Å². The Morgan fingerprint density at radius 1 is 0.952 bits per heavy atom. The van der Waals surface area contributed by atoms with Gasteiger partial charge in [0.1, 0.15) is 6.61 Å². The summed E-state index contributed by atoms with van der Waals surface area (Å²) in [6.45, 7) is 10.0. The Morgan fingerprint density at radius 2 is 1.64 bits per heavy atom. The number of halogens is 3. The van der Waals surface area contributed by atoms with Gasteiger partial charge in [-0.2, -0.15) is 18.2 Å². The van der Waals surface area contributed by atoms with Gasteiger partial charge in [-0.05, 0) is 56.9 Å². The third-order valence-electron chi connectivity index (χ3n) is 7.40. The molecule has 1 unspecified atom stereocenters. The van der Waals surface area contributed by atoms with Crippen molar-refractivity contribution < 1.29 is 27.2 Å². The molecule has 230 valence electrons. The summed E-state index contributed by atoms with van der Waals surface area (Å²) in [5.41, 5.74) is -0.309. The molecule has 1 heterocycles. The number of alkyl halides is 3. The summed E-state index contributed by atoms with van der Waals surface area (Å²) in [5.74, 6) is 0.250. The van der Waals surface area contributed by atoms with Crippen LogP contribution in [0.15, 0.2) is 53.1 Å². The van der Waals surface area contributed by atoms with Crippen LogP contribution in [0.25, 0.3) is 11.5 Å². The van der Waals surface area contributed by atoms with E-state index in [0.717, 1.165) is 37.3 Å². The molecule has 0 N–H and O–H groups in total. The molecule has 9 heteroatoms. The van der Waals surface area contributed by atoms with Crippen LogP contribution in [0.3, 0.4) is 0 Å². The number of rotatable bonds is 14. The number of hydrogen-bond acceptors (Lipinski definition) is 5. The first kappa shape index (κ1) is 33.1. The fraction of sp³-hybridized carbons (Fsp3) is 0.545. The third kappa shape index (κ3) is 9.60. The molecular formula is C33H44F3N3O3. The Morgan fingerprint density at radius 3 is 2.29 bits per heavy atom. The highest BCUT2D eigenvalue weighted by Crippen LogP contribution is 2.38. The fourth-order valence-electron chi connectivity index (χ4n) is 4.87. The molecule has 1 aromatic heterocycles. The van der Waals surface area contributed by atoms with Crippen LogP contribution in [-0.2, 0) is 24.1 Å². The van der Waals surface area contributed by atoms with Gasteiger partial charge >= 0.3 is 12.3 Å². The van der Waals surface area contributed by atoms with Crippen LogP contribution < -0.4 is 0 Å². The lowest BCUT2D eigenvalue weighted by atomic mass is 9.97. The SMILES string of the molecule is CCCCCCCCC(CC)c1noc(-c2cc(COC(=O)N(Cc3ccccc3)C(C)(C)C)ccc2C(F)(F)F)n1. The summed E-state index contributed by atoms with van der Waals surface area (Å²) < 4.78 is 52.9. The van der Waals surface area contributed by atoms with Crippen molar-refractivity contribution in [3.63, 3.8) is 0 Å². The molecule has 0 bridgehead atoms. The van der Waals surface area contributed by atoms with Crippen LogP contribution in [-0.4, -0.2) is 26.7 Å². The average molecular weight is 588 g/mol. The Kier molecular flexibility index (Phi) is 12.0. The van der Waals surface area contributed by atoms with Crippen LogP contribution in [0.2, 0.25) is 0 Å². The monoisotopic (exact) mass is 587 g/mol. The second-order valence-electron chi connectivity index (χ2n) is 11.8. The van der Waals surface area contributed by atoms with E-state index < -0.39 is 23.4 Å². The number of carbonyl (C=O) groups is 1. The van der Waals surface area contributed by atoms with Crippen molar-refractivity contribution in [3.8, 4) is 11.5 Å². The summed E-state index contributed by atoms with van der Waals surface area (Å²) in [4.78, 5) is 19.1. The van der Waals surface area contributed by atoms with Crippen LogP contribution >= 0.6 is 0 Å². The van der Waals surface area contributed by atoms with Gasteiger partial charge in [-0.25, -0.2) is 4.79 Å². The van der Waals surface area contributed by atoms with Crippen molar-refractivity contribution >= 4 is 6.09 Å². The Balaban J connectivity index is 1.76. The number of carbonyl (C=O) groups excluding carboxylic acids is 1. The minimum Gasteiger partial charge on any atom is -0.445 e. The molecule has 0 aliphatic carbocycles. The molecule has 0 spiro atoms. The second-order valence-corrected chi connectivity index (χ2v) is 11.8. The lowest BCUT2D eigenvalue weighted by Gasteiger charge is -2.34. The van der Waals surface area contributed by atoms with E-state index in [2.05, 4.69) is 17.1 Å². The van der Waals surface area contributed by atoms with Gasteiger partial charge in [0.15, 0.2) is 5.82 Å². The quantitative estimate of drug-likeness (QED) is 0.176. The average Bonchev–Trinajstić information content (AvgIpc) is 3.43. The van der Waals surface area contributed by atoms with Gasteiger partial charge in [0.25, 0.3) is 5.89 Å². The standard InChI is InChI=1S/C33H44F3N3O3/c1-6-8-9-10-11-15-18-26(7-2)29-37-30(42-38-29)27-21-25(19-20-28(27)33(34,35)36)23-41-31(40)39(32(3,4)5)22-24-16-13-12-14-17-24/h12-14,16-17,19-21,26H,6-11,15,18,22-23H2,1-5H3. The second kappa shape index (κ2) is 15.2. The summed E-state index contributed by atoms with van der Waals surface area (Å²) >= 11 is 0. The minimum atomic E-state index is -4.62. The summed E-state index contributed by atoms with van der Waals surface area (Å²) in [5, 5.41) is 4.06. The number of benzene rings is 2. The first-order valence-corrected chi connectivity index (χ1v) is 15.0. The fourth-order valence-corrected chi connectivity index (χ4v) is 4.87. The van der Waals surface area contributed by atoms with Crippen molar-refractivity contribution in [2.45, 2.75) is 117 Å². The number of nitrogens with zero attached hydrogens (tertiary/aromatic N) is 3. The number of ether oxygens (including phenoxy) is 1. The van der Waals surface area contributed by atoms with Gasteiger partial charge in [-0.15, -0.1) is 0 Å². The van der Waals surface area contributed by atoms with E-state index in [0.29, 0.717) is 17.9 Å². The molecule has 0 fully saturated rings. The summed E-state index contributed by atoms with van der Waals surface area (Å²) in [7, 11) is 0. The zero-order valence-corrected chi connectivity index (χ0v) is 25.5. The van der Waals surface area contributed by atoms with Crippen molar-refractivity contribution in [2.75, 3.05) is 0 Å². The molecule has 6 nitrogen and oxygen atoms in total. The third-order valence-corrected chi connectivity index (χ3v) is 7.40. The molecule has 3 rings (SSSR count). The van der Waals surface area contributed by atoms with Crippen LogP contribution in [0.4, 0.5) is 18.0 Å². The lowest BCUT2D eigenvalue weighted by molar-refractivity contribution is -0.137. The highest BCUT2D eigenvalue weighted by Gasteiger charge is 2.36. The number of amides is 1. The van der Waals surface area contributed by atoms with Crippen LogP contribution in [0.1, 0.15) is 114 Å². The largest absolute Gasteiger partial charge is 0.445 e. The molecule has 0 saturated carbocycles. The predicted octanol–water partition coefficient (Wildman–Crippen LogP) is 9.94. The van der Waals surface area contributed by atoms with E-state index in [9.17, 15) is 18.0 Å². The van der Waals surface area contributed by atoms with E-state index in [1.165, 1.54) is 37.8 Å². The highest BCUT2D eigenvalue weighted by atomic mass is 19.4. The van der Waals surface area contributed by atoms with E-state index >= 15 is 0 Å². The molecule has 0 aliphatic rings. The van der Waals surface area contributed by atoms with Gasteiger partial charge in [-0.1, -0.05) is 93.9 Å². The van der Waals surface area contributed by atoms with Crippen molar-refractivity contribution in [2.24, 2.45) is 0 Å². The molecule has 2 aromatic carbocycles. The van der Waals surface area contributed by atoms with Crippen molar-refractivity contribution in [1.82, 2.24) is 15.0 Å². The number of hydrogen-bond donors (Lipinski definition) is 0. The lowest BCUT2D eigenvalue weighted by Crippen LogP contribution is -2.45. The van der Waals surface area contributed by atoms with Gasteiger partial charge < -0.3 is 9.26 Å². The normalized spacial score (nSPS) is 12.8. The molecular weight excluding hydrogens is 543 g/mol. The van der Waals surface area contributed by atoms with Gasteiger partial charge in [0.2, 0.25) is 0 Å². The van der Waals surface area contributed by atoms with E-state index in [1.807, 2.05) is 58.0 Å². The van der Waals surface area contributed by atoms with Crippen LogP contribution in [0, 0.1) is 0 Å². The number of aromatic nitrogens is 2. The molecule has 1 atom stereocenters. The van der Waals surface area contributed by atoms with E-state index in [-0.39, 0.29) is 24.0 Å². The molecule has 0 saturated heterocycles. The molecule has 3 aromatic rings. The van der Waals surface area contributed by atoms with Gasteiger partial charge in [-0.3, -0.25) is 4.90 Å². The summed E-state index contributed by atoms with van der Waals surface area (Å²) in [6.07, 6.45) is 3.37. The predicted molar refractivity (Wildman–Crippen MR) is 158 cm³/mol. The zero-order valence-electron chi connectivity index (χ0n) is 25.5. The van der Waals surface area contributed by atoms with E-state index in [1.54, 1.807) is 4.90 Å². The Bertz CT molecular complexity index is 1250. The number of unbranched alkanes of at least 4 members (excludes halogenated alkanes) is 5. The van der Waals surface area contributed by atoms with Crippen molar-refractivity contribution in [3.05, 3.63) is 71.0 Å². The highest BCUT2D eigenvalue weighted by molar-refractivity contribution is 5.69. The first-order valence-electron chi connectivity index (χ1n) is 15.0. The molecule has 0 radical (unpaired) electrons. The zero-order chi connectivity index (χ0) is 30.8. The Labute approximate surface area is 247 Å². The molecule has 1 amide bonds. The maximum Gasteiger partial charge on any atom is 0.417 e. The molecule has 0 aliphatic heterocycles. The van der Waals surface area contributed by atoms with E-state index in [4.69, 9.17) is 9.26 Å². The maximum absolute atomic E-state index is 14.0. The smallest absolute Gasteiger partial charge is 0.417 e. The van der Waals surface area contributed by atoms with Crippen molar-refractivity contribution in [1.29, 1.82) is 0 Å².